The topological polar surface area (TPSA) is 77.0 Å². The molecule has 8 heteroatoms. The Balaban J connectivity index is 1.42. The van der Waals surface area contributed by atoms with Crippen LogP contribution in [0, 0.1) is 5.82 Å². The molecule has 7 nitrogen and oxygen atoms in total. The van der Waals surface area contributed by atoms with E-state index in [0.717, 1.165) is 17.1 Å². The predicted molar refractivity (Wildman–Crippen MR) is 117 cm³/mol. The summed E-state index contributed by atoms with van der Waals surface area (Å²) in [4.78, 5) is 8.11. The van der Waals surface area contributed by atoms with Crippen LogP contribution in [0.3, 0.4) is 0 Å². The number of aromatic nitrogens is 1. The molecule has 1 aromatic heterocycles. The standard InChI is InChI=1S/C23H25FN4O3/c1-25-23(27-12-13-30-19-8-6-18(29-2)7-9-19)28-15-17-5-10-22(21(24)14-17)31-20-4-3-11-26-16-20/h3-11,14,16H,12-13,15H2,1-2H3,(H2,25,27,28). The van der Waals surface area contributed by atoms with Gasteiger partial charge in [0.05, 0.1) is 19.9 Å². The van der Waals surface area contributed by atoms with E-state index in [9.17, 15) is 4.39 Å². The number of benzene rings is 2. The first-order chi connectivity index (χ1) is 15.2. The molecule has 2 N–H and O–H groups in total. The molecule has 2 aromatic carbocycles. The van der Waals surface area contributed by atoms with Gasteiger partial charge in [0, 0.05) is 19.8 Å². The minimum atomic E-state index is -0.445. The van der Waals surface area contributed by atoms with Gasteiger partial charge < -0.3 is 24.8 Å². The summed E-state index contributed by atoms with van der Waals surface area (Å²) in [5.74, 6) is 2.31. The van der Waals surface area contributed by atoms with Crippen LogP contribution in [-0.4, -0.2) is 38.3 Å². The van der Waals surface area contributed by atoms with Gasteiger partial charge in [0.1, 0.15) is 23.9 Å². The first kappa shape index (κ1) is 21.9. The van der Waals surface area contributed by atoms with Crippen molar-refractivity contribution in [1.29, 1.82) is 0 Å². The molecule has 0 bridgehead atoms. The van der Waals surface area contributed by atoms with Crippen molar-refractivity contribution in [3.63, 3.8) is 0 Å². The van der Waals surface area contributed by atoms with E-state index in [1.54, 1.807) is 44.6 Å². The highest BCUT2D eigenvalue weighted by Crippen LogP contribution is 2.24. The molecule has 0 aliphatic carbocycles. The molecule has 31 heavy (non-hydrogen) atoms. The lowest BCUT2D eigenvalue weighted by Gasteiger charge is -2.13. The number of halogens is 1. The second kappa shape index (κ2) is 11.4. The van der Waals surface area contributed by atoms with E-state index >= 15 is 0 Å². The molecule has 0 aliphatic heterocycles. The number of ether oxygens (including phenoxy) is 3. The monoisotopic (exact) mass is 424 g/mol. The summed E-state index contributed by atoms with van der Waals surface area (Å²) >= 11 is 0. The molecular formula is C23H25FN4O3. The van der Waals surface area contributed by atoms with Gasteiger partial charge in [-0.3, -0.25) is 9.98 Å². The first-order valence-electron chi connectivity index (χ1n) is 9.75. The summed E-state index contributed by atoms with van der Waals surface area (Å²) in [7, 11) is 3.29. The number of pyridine rings is 1. The highest BCUT2D eigenvalue weighted by molar-refractivity contribution is 5.79. The van der Waals surface area contributed by atoms with Gasteiger partial charge in [-0.25, -0.2) is 4.39 Å². The molecular weight excluding hydrogens is 399 g/mol. The zero-order valence-corrected chi connectivity index (χ0v) is 17.5. The number of nitrogens with one attached hydrogen (secondary N) is 2. The lowest BCUT2D eigenvalue weighted by atomic mass is 10.2. The van der Waals surface area contributed by atoms with Crippen LogP contribution in [0.2, 0.25) is 0 Å². The number of hydrogen-bond donors (Lipinski definition) is 2. The average molecular weight is 424 g/mol. The molecule has 0 saturated carbocycles. The van der Waals surface area contributed by atoms with Crippen molar-refractivity contribution < 1.29 is 18.6 Å². The van der Waals surface area contributed by atoms with E-state index in [1.807, 2.05) is 24.3 Å². The summed E-state index contributed by atoms with van der Waals surface area (Å²) < 4.78 is 30.7. The van der Waals surface area contributed by atoms with Crippen molar-refractivity contribution in [3.05, 3.63) is 78.4 Å². The van der Waals surface area contributed by atoms with E-state index in [1.165, 1.54) is 12.3 Å². The minimum absolute atomic E-state index is 0.148. The SMILES string of the molecule is CN=C(NCCOc1ccc(OC)cc1)NCc1ccc(Oc2cccnc2)c(F)c1. The Bertz CT molecular complexity index is 982. The second-order valence-corrected chi connectivity index (χ2v) is 6.43. The molecule has 0 fully saturated rings. The van der Waals surface area contributed by atoms with Crippen LogP contribution in [0.25, 0.3) is 0 Å². The van der Waals surface area contributed by atoms with Crippen LogP contribution >= 0.6 is 0 Å². The Morgan fingerprint density at radius 3 is 2.52 bits per heavy atom. The highest BCUT2D eigenvalue weighted by atomic mass is 19.1. The van der Waals surface area contributed by atoms with Crippen molar-refractivity contribution in [2.75, 3.05) is 27.3 Å². The fourth-order valence-electron chi connectivity index (χ4n) is 2.69. The molecule has 0 saturated heterocycles. The van der Waals surface area contributed by atoms with Crippen molar-refractivity contribution in [1.82, 2.24) is 15.6 Å². The number of methoxy groups -OCH3 is 1. The maximum absolute atomic E-state index is 14.4. The molecule has 3 rings (SSSR count). The van der Waals surface area contributed by atoms with E-state index in [2.05, 4.69) is 20.6 Å². The largest absolute Gasteiger partial charge is 0.497 e. The number of nitrogens with zero attached hydrogens (tertiary/aromatic N) is 2. The third kappa shape index (κ3) is 6.88. The zero-order chi connectivity index (χ0) is 21.9. The van der Waals surface area contributed by atoms with Gasteiger partial charge in [0.25, 0.3) is 0 Å². The summed E-state index contributed by atoms with van der Waals surface area (Å²) in [6, 6.07) is 15.6. The maximum atomic E-state index is 14.4. The Morgan fingerprint density at radius 2 is 1.84 bits per heavy atom. The fraction of sp³-hybridized carbons (Fsp3) is 0.217. The Labute approximate surface area is 180 Å². The molecule has 0 spiro atoms. The fourth-order valence-corrected chi connectivity index (χ4v) is 2.69. The van der Waals surface area contributed by atoms with Crippen molar-refractivity contribution in [2.24, 2.45) is 4.99 Å². The smallest absolute Gasteiger partial charge is 0.191 e. The van der Waals surface area contributed by atoms with E-state index < -0.39 is 5.82 Å². The normalized spacial score (nSPS) is 11.0. The number of hydrogen-bond acceptors (Lipinski definition) is 5. The van der Waals surface area contributed by atoms with Gasteiger partial charge in [-0.15, -0.1) is 0 Å². The third-order valence-corrected chi connectivity index (χ3v) is 4.26. The van der Waals surface area contributed by atoms with Crippen LogP contribution in [0.15, 0.2) is 72.0 Å². The average Bonchev–Trinajstić information content (AvgIpc) is 2.81. The van der Waals surface area contributed by atoms with Gasteiger partial charge in [-0.2, -0.15) is 0 Å². The van der Waals surface area contributed by atoms with E-state index in [4.69, 9.17) is 14.2 Å². The summed E-state index contributed by atoms with van der Waals surface area (Å²) in [6.45, 7) is 1.42. The Morgan fingerprint density at radius 1 is 1.03 bits per heavy atom. The van der Waals surface area contributed by atoms with E-state index in [0.29, 0.717) is 31.4 Å². The Hall–Kier alpha value is -3.81. The van der Waals surface area contributed by atoms with Crippen molar-refractivity contribution >= 4 is 5.96 Å². The summed E-state index contributed by atoms with van der Waals surface area (Å²) in [6.07, 6.45) is 3.16. The lowest BCUT2D eigenvalue weighted by molar-refractivity contribution is 0.321. The molecule has 0 unspecified atom stereocenters. The van der Waals surface area contributed by atoms with Gasteiger partial charge >= 0.3 is 0 Å². The molecule has 0 amide bonds. The first-order valence-corrected chi connectivity index (χ1v) is 9.75. The van der Waals surface area contributed by atoms with Crippen molar-refractivity contribution in [2.45, 2.75) is 6.54 Å². The number of guanidine groups is 1. The third-order valence-electron chi connectivity index (χ3n) is 4.26. The lowest BCUT2D eigenvalue weighted by Crippen LogP contribution is -2.38. The minimum Gasteiger partial charge on any atom is -0.497 e. The van der Waals surface area contributed by atoms with Crippen LogP contribution in [0.1, 0.15) is 5.56 Å². The predicted octanol–water partition coefficient (Wildman–Crippen LogP) is 3.77. The van der Waals surface area contributed by atoms with Gasteiger partial charge in [0.2, 0.25) is 0 Å². The summed E-state index contributed by atoms with van der Waals surface area (Å²) in [5, 5.41) is 6.30. The van der Waals surface area contributed by atoms with Gasteiger partial charge in [-0.05, 0) is 54.1 Å². The van der Waals surface area contributed by atoms with Crippen LogP contribution in [0.5, 0.6) is 23.0 Å². The molecule has 0 atom stereocenters. The molecule has 0 radical (unpaired) electrons. The molecule has 1 heterocycles. The van der Waals surface area contributed by atoms with Crippen LogP contribution in [0.4, 0.5) is 4.39 Å². The molecule has 162 valence electrons. The zero-order valence-electron chi connectivity index (χ0n) is 17.5. The number of aliphatic imine (C=N–C) groups is 1. The maximum Gasteiger partial charge on any atom is 0.191 e. The Kier molecular flexibility index (Phi) is 8.05. The van der Waals surface area contributed by atoms with Gasteiger partial charge in [-0.1, -0.05) is 6.07 Å². The van der Waals surface area contributed by atoms with Gasteiger partial charge in [0.15, 0.2) is 17.5 Å². The second-order valence-electron chi connectivity index (χ2n) is 6.43. The van der Waals surface area contributed by atoms with Crippen LogP contribution < -0.4 is 24.8 Å². The molecule has 0 aliphatic rings. The summed E-state index contributed by atoms with van der Waals surface area (Å²) in [5.41, 5.74) is 0.758. The highest BCUT2D eigenvalue weighted by Gasteiger charge is 2.07. The van der Waals surface area contributed by atoms with Crippen LogP contribution in [-0.2, 0) is 6.54 Å². The molecule has 3 aromatic rings. The van der Waals surface area contributed by atoms with E-state index in [-0.39, 0.29) is 5.75 Å². The quantitative estimate of drug-likeness (QED) is 0.309. The number of rotatable bonds is 9. The van der Waals surface area contributed by atoms with Crippen molar-refractivity contribution in [3.8, 4) is 23.0 Å².